The van der Waals surface area contributed by atoms with Crippen LogP contribution < -0.4 is 20.9 Å². The fourth-order valence-electron chi connectivity index (χ4n) is 2.07. The number of amides is 3. The number of aryl methyl sites for hydroxylation is 2. The topological polar surface area (TPSA) is 96.5 Å². The Balaban J connectivity index is 1.70. The summed E-state index contributed by atoms with van der Waals surface area (Å²) < 4.78 is 18.8. The van der Waals surface area contributed by atoms with Crippen molar-refractivity contribution in [3.8, 4) is 5.75 Å². The first-order valence-corrected chi connectivity index (χ1v) is 8.17. The molecule has 2 aromatic rings. The van der Waals surface area contributed by atoms with Crippen molar-refractivity contribution in [3.63, 3.8) is 0 Å². The van der Waals surface area contributed by atoms with E-state index in [2.05, 4.69) is 16.2 Å². The van der Waals surface area contributed by atoms with Crippen molar-refractivity contribution in [3.05, 3.63) is 65.0 Å². The summed E-state index contributed by atoms with van der Waals surface area (Å²) >= 11 is 0. The molecule has 0 aliphatic heterocycles. The Labute approximate surface area is 155 Å². The van der Waals surface area contributed by atoms with Crippen LogP contribution in [0.15, 0.2) is 42.5 Å². The van der Waals surface area contributed by atoms with E-state index in [1.54, 1.807) is 12.1 Å². The maximum atomic E-state index is 13.5. The normalized spacial score (nSPS) is 10.0. The third kappa shape index (κ3) is 6.10. The maximum Gasteiger partial charge on any atom is 0.276 e. The van der Waals surface area contributed by atoms with Crippen molar-refractivity contribution >= 4 is 17.7 Å². The monoisotopic (exact) mass is 373 g/mol. The molecule has 27 heavy (non-hydrogen) atoms. The van der Waals surface area contributed by atoms with Crippen LogP contribution in [0.3, 0.4) is 0 Å². The van der Waals surface area contributed by atoms with Crippen molar-refractivity contribution in [2.75, 3.05) is 13.2 Å². The largest absolute Gasteiger partial charge is 0.484 e. The van der Waals surface area contributed by atoms with Crippen LogP contribution in [-0.4, -0.2) is 30.9 Å². The molecule has 0 bridgehead atoms. The molecule has 0 unspecified atom stereocenters. The zero-order valence-corrected chi connectivity index (χ0v) is 15.0. The zero-order chi connectivity index (χ0) is 19.8. The minimum atomic E-state index is -0.729. The van der Waals surface area contributed by atoms with Gasteiger partial charge in [-0.3, -0.25) is 25.2 Å². The summed E-state index contributed by atoms with van der Waals surface area (Å²) in [4.78, 5) is 35.1. The molecule has 2 aromatic carbocycles. The van der Waals surface area contributed by atoms with Gasteiger partial charge in [0.25, 0.3) is 17.7 Å². The fraction of sp³-hybridized carbons (Fsp3) is 0.211. The first-order valence-electron chi connectivity index (χ1n) is 8.17. The molecule has 0 atom stereocenters. The molecule has 0 fully saturated rings. The van der Waals surface area contributed by atoms with Gasteiger partial charge in [0.1, 0.15) is 11.6 Å². The molecular weight excluding hydrogens is 353 g/mol. The molecular formula is C19H20FN3O4. The number of hydrazine groups is 1. The number of hydrogen-bond acceptors (Lipinski definition) is 4. The van der Waals surface area contributed by atoms with Crippen molar-refractivity contribution in [2.24, 2.45) is 0 Å². The molecule has 8 heteroatoms. The van der Waals surface area contributed by atoms with E-state index in [4.69, 9.17) is 4.74 Å². The molecule has 0 heterocycles. The van der Waals surface area contributed by atoms with Crippen LogP contribution in [0, 0.1) is 19.7 Å². The van der Waals surface area contributed by atoms with Crippen LogP contribution in [0.1, 0.15) is 21.5 Å². The Morgan fingerprint density at radius 2 is 1.67 bits per heavy atom. The average molecular weight is 373 g/mol. The molecule has 2 rings (SSSR count). The molecule has 0 saturated carbocycles. The van der Waals surface area contributed by atoms with E-state index in [1.165, 1.54) is 18.2 Å². The maximum absolute atomic E-state index is 13.5. The van der Waals surface area contributed by atoms with Crippen molar-refractivity contribution in [1.82, 2.24) is 16.2 Å². The summed E-state index contributed by atoms with van der Waals surface area (Å²) in [5.74, 6) is -2.11. The highest BCUT2D eigenvalue weighted by Gasteiger charge is 2.12. The second-order valence-electron chi connectivity index (χ2n) is 5.79. The van der Waals surface area contributed by atoms with Crippen molar-refractivity contribution < 1.29 is 23.5 Å². The summed E-state index contributed by atoms with van der Waals surface area (Å²) in [5, 5.41) is 2.26. The van der Waals surface area contributed by atoms with E-state index < -0.39 is 30.1 Å². The minimum Gasteiger partial charge on any atom is -0.484 e. The summed E-state index contributed by atoms with van der Waals surface area (Å²) in [6.07, 6.45) is 0. The Kier molecular flexibility index (Phi) is 6.87. The first kappa shape index (κ1) is 19.9. The van der Waals surface area contributed by atoms with Crippen LogP contribution in [0.25, 0.3) is 0 Å². The lowest BCUT2D eigenvalue weighted by Gasteiger charge is -2.10. The molecule has 3 amide bonds. The number of ether oxygens (including phenoxy) is 1. The molecule has 3 N–H and O–H groups in total. The Bertz CT molecular complexity index is 855. The Morgan fingerprint density at radius 3 is 2.37 bits per heavy atom. The van der Waals surface area contributed by atoms with Crippen molar-refractivity contribution in [1.29, 1.82) is 0 Å². The lowest BCUT2D eigenvalue weighted by Crippen LogP contribution is -2.47. The van der Waals surface area contributed by atoms with Gasteiger partial charge in [0.2, 0.25) is 0 Å². The van der Waals surface area contributed by atoms with Crippen LogP contribution in [-0.2, 0) is 9.59 Å². The average Bonchev–Trinajstić information content (AvgIpc) is 2.65. The highest BCUT2D eigenvalue weighted by molar-refractivity contribution is 5.96. The third-order valence-corrected chi connectivity index (χ3v) is 3.72. The first-order chi connectivity index (χ1) is 12.9. The van der Waals surface area contributed by atoms with Gasteiger partial charge in [-0.25, -0.2) is 4.39 Å². The third-order valence-electron chi connectivity index (χ3n) is 3.72. The van der Waals surface area contributed by atoms with E-state index in [9.17, 15) is 18.8 Å². The van der Waals surface area contributed by atoms with Crippen molar-refractivity contribution in [2.45, 2.75) is 13.8 Å². The van der Waals surface area contributed by atoms with Crippen LogP contribution in [0.5, 0.6) is 5.75 Å². The molecule has 0 aliphatic rings. The summed E-state index contributed by atoms with van der Waals surface area (Å²) in [5.41, 5.74) is 6.27. The molecule has 0 radical (unpaired) electrons. The fourth-order valence-corrected chi connectivity index (χ4v) is 2.07. The summed E-state index contributed by atoms with van der Waals surface area (Å²) in [6, 6.07) is 10.8. The smallest absolute Gasteiger partial charge is 0.276 e. The highest BCUT2D eigenvalue weighted by Crippen LogP contribution is 2.16. The van der Waals surface area contributed by atoms with Gasteiger partial charge < -0.3 is 10.1 Å². The molecule has 142 valence electrons. The zero-order valence-electron chi connectivity index (χ0n) is 15.0. The highest BCUT2D eigenvalue weighted by atomic mass is 19.1. The van der Waals surface area contributed by atoms with E-state index in [-0.39, 0.29) is 12.2 Å². The van der Waals surface area contributed by atoms with Gasteiger partial charge in [-0.05, 0) is 49.2 Å². The number of carbonyl (C=O) groups excluding carboxylic acids is 3. The molecule has 0 saturated heterocycles. The van der Waals surface area contributed by atoms with Gasteiger partial charge in [0.15, 0.2) is 6.61 Å². The number of nitrogens with one attached hydrogen (secondary N) is 3. The lowest BCUT2D eigenvalue weighted by molar-refractivity contribution is -0.129. The lowest BCUT2D eigenvalue weighted by atomic mass is 10.1. The Morgan fingerprint density at radius 1 is 0.963 bits per heavy atom. The minimum absolute atomic E-state index is 0.170. The quantitative estimate of drug-likeness (QED) is 0.667. The van der Waals surface area contributed by atoms with Crippen LogP contribution in [0.4, 0.5) is 4.39 Å². The molecule has 7 nitrogen and oxygen atoms in total. The predicted octanol–water partition coefficient (Wildman–Crippen LogP) is 1.40. The second kappa shape index (κ2) is 9.33. The number of benzene rings is 2. The van der Waals surface area contributed by atoms with Gasteiger partial charge >= 0.3 is 0 Å². The van der Waals surface area contributed by atoms with E-state index in [0.717, 1.165) is 17.2 Å². The van der Waals surface area contributed by atoms with Gasteiger partial charge in [-0.15, -0.1) is 0 Å². The second-order valence-corrected chi connectivity index (χ2v) is 5.79. The van der Waals surface area contributed by atoms with Gasteiger partial charge in [0.05, 0.1) is 12.1 Å². The van der Waals surface area contributed by atoms with E-state index in [1.807, 2.05) is 19.9 Å². The molecule has 0 aromatic heterocycles. The number of carbonyl (C=O) groups is 3. The number of halogens is 1. The summed E-state index contributed by atoms with van der Waals surface area (Å²) in [6.45, 7) is 3.18. The predicted molar refractivity (Wildman–Crippen MR) is 96.4 cm³/mol. The standard InChI is InChI=1S/C19H20FN3O4/c1-12-7-8-14(9-13(12)2)27-11-18(25)23-22-17(24)10-21-19(26)15-5-3-4-6-16(15)20/h3-9H,10-11H2,1-2H3,(H,21,26)(H,22,24)(H,23,25). The number of hydrogen-bond donors (Lipinski definition) is 3. The van der Waals surface area contributed by atoms with Crippen LogP contribution in [0.2, 0.25) is 0 Å². The van der Waals surface area contributed by atoms with Gasteiger partial charge in [-0.1, -0.05) is 18.2 Å². The SMILES string of the molecule is Cc1ccc(OCC(=O)NNC(=O)CNC(=O)c2ccccc2F)cc1C. The van der Waals surface area contributed by atoms with Crippen LogP contribution >= 0.6 is 0 Å². The van der Waals surface area contributed by atoms with Gasteiger partial charge in [0, 0.05) is 0 Å². The number of rotatable bonds is 6. The molecule has 0 aliphatic carbocycles. The van der Waals surface area contributed by atoms with E-state index >= 15 is 0 Å². The Hall–Kier alpha value is -3.42. The summed E-state index contributed by atoms with van der Waals surface area (Å²) in [7, 11) is 0. The van der Waals surface area contributed by atoms with Gasteiger partial charge in [-0.2, -0.15) is 0 Å². The molecule has 0 spiro atoms. The van der Waals surface area contributed by atoms with E-state index in [0.29, 0.717) is 5.75 Å².